The fourth-order valence-electron chi connectivity index (χ4n) is 1.83. The molecular formula is C14H13N3O4. The van der Waals surface area contributed by atoms with E-state index < -0.39 is 16.4 Å². The maximum Gasteiger partial charge on any atom is 0.274 e. The topological polar surface area (TPSA) is 105 Å². The molecule has 0 saturated heterocycles. The number of pyridine rings is 1. The summed E-state index contributed by atoms with van der Waals surface area (Å²) in [5, 5.41) is 13.3. The summed E-state index contributed by atoms with van der Waals surface area (Å²) < 4.78 is 0. The average molecular weight is 287 g/mol. The maximum atomic E-state index is 12.0. The van der Waals surface area contributed by atoms with E-state index in [1.165, 1.54) is 18.2 Å². The van der Waals surface area contributed by atoms with E-state index in [9.17, 15) is 19.7 Å². The fourth-order valence-corrected chi connectivity index (χ4v) is 1.83. The summed E-state index contributed by atoms with van der Waals surface area (Å²) in [6.45, 7) is 3.31. The molecule has 0 bridgehead atoms. The molecule has 7 heteroatoms. The third kappa shape index (κ3) is 3.14. The number of carbonyl (C=O) groups excluding carboxylic acids is 1. The molecule has 0 saturated carbocycles. The van der Waals surface area contributed by atoms with Gasteiger partial charge in [-0.3, -0.25) is 19.7 Å². The molecule has 2 N–H and O–H groups in total. The molecule has 0 unspecified atom stereocenters. The minimum Gasteiger partial charge on any atom is -0.326 e. The van der Waals surface area contributed by atoms with Crippen molar-refractivity contribution in [1.29, 1.82) is 0 Å². The third-order valence-corrected chi connectivity index (χ3v) is 2.96. The number of amides is 1. The van der Waals surface area contributed by atoms with Crippen molar-refractivity contribution in [3.63, 3.8) is 0 Å². The van der Waals surface area contributed by atoms with Gasteiger partial charge in [-0.05, 0) is 32.0 Å². The van der Waals surface area contributed by atoms with Crippen molar-refractivity contribution in [3.05, 3.63) is 67.6 Å². The van der Waals surface area contributed by atoms with Crippen LogP contribution >= 0.6 is 0 Å². The molecule has 1 aromatic carbocycles. The van der Waals surface area contributed by atoms with Gasteiger partial charge in [-0.25, -0.2) is 0 Å². The summed E-state index contributed by atoms with van der Waals surface area (Å²) in [4.78, 5) is 36.5. The number of aromatic nitrogens is 1. The Morgan fingerprint density at radius 3 is 2.57 bits per heavy atom. The van der Waals surface area contributed by atoms with Gasteiger partial charge in [-0.2, -0.15) is 0 Å². The number of hydrogen-bond donors (Lipinski definition) is 2. The fraction of sp³-hybridized carbons (Fsp3) is 0.143. The number of nitro groups is 1. The number of aryl methyl sites for hydroxylation is 2. The molecule has 108 valence electrons. The van der Waals surface area contributed by atoms with Crippen LogP contribution < -0.4 is 10.9 Å². The minimum atomic E-state index is -0.616. The molecule has 2 aromatic rings. The van der Waals surface area contributed by atoms with Crippen molar-refractivity contribution < 1.29 is 9.72 Å². The monoisotopic (exact) mass is 287 g/mol. The normalized spacial score (nSPS) is 10.2. The summed E-state index contributed by atoms with van der Waals surface area (Å²) in [6, 6.07) is 7.35. The van der Waals surface area contributed by atoms with E-state index in [1.807, 2.05) is 0 Å². The minimum absolute atomic E-state index is 0.0520. The highest BCUT2D eigenvalue weighted by molar-refractivity contribution is 6.04. The van der Waals surface area contributed by atoms with E-state index in [0.29, 0.717) is 11.3 Å². The second kappa shape index (κ2) is 5.58. The van der Waals surface area contributed by atoms with Crippen LogP contribution in [-0.2, 0) is 0 Å². The first-order valence-electron chi connectivity index (χ1n) is 6.15. The largest absolute Gasteiger partial charge is 0.326 e. The van der Waals surface area contributed by atoms with Gasteiger partial charge in [-0.15, -0.1) is 0 Å². The Kier molecular flexibility index (Phi) is 3.84. The zero-order valence-electron chi connectivity index (χ0n) is 11.5. The Balaban J connectivity index is 2.29. The summed E-state index contributed by atoms with van der Waals surface area (Å²) in [5.74, 6) is -0.616. The molecule has 1 amide bonds. The van der Waals surface area contributed by atoms with E-state index in [1.54, 1.807) is 26.0 Å². The molecule has 7 nitrogen and oxygen atoms in total. The number of benzene rings is 1. The lowest BCUT2D eigenvalue weighted by Gasteiger charge is -2.06. The first kappa shape index (κ1) is 14.4. The van der Waals surface area contributed by atoms with Crippen molar-refractivity contribution in [2.24, 2.45) is 0 Å². The highest BCUT2D eigenvalue weighted by atomic mass is 16.6. The molecule has 0 aliphatic heterocycles. The molecule has 0 fully saturated rings. The van der Waals surface area contributed by atoms with Crippen LogP contribution in [-0.4, -0.2) is 15.8 Å². The lowest BCUT2D eigenvalue weighted by atomic mass is 10.1. The Morgan fingerprint density at radius 2 is 1.95 bits per heavy atom. The molecule has 0 spiro atoms. The van der Waals surface area contributed by atoms with Crippen molar-refractivity contribution in [2.45, 2.75) is 13.8 Å². The van der Waals surface area contributed by atoms with Crippen LogP contribution in [0.5, 0.6) is 0 Å². The molecule has 0 atom stereocenters. The van der Waals surface area contributed by atoms with Gasteiger partial charge in [0.25, 0.3) is 17.2 Å². The van der Waals surface area contributed by atoms with Gasteiger partial charge in [0.1, 0.15) is 5.56 Å². The smallest absolute Gasteiger partial charge is 0.274 e. The number of carbonyl (C=O) groups is 1. The molecule has 21 heavy (non-hydrogen) atoms. The Labute approximate surface area is 119 Å². The number of rotatable bonds is 3. The number of nitrogens with zero attached hydrogens (tertiary/aromatic N) is 1. The van der Waals surface area contributed by atoms with Gasteiger partial charge in [0.15, 0.2) is 0 Å². The van der Waals surface area contributed by atoms with Crippen LogP contribution in [0.1, 0.15) is 21.6 Å². The van der Waals surface area contributed by atoms with Crippen LogP contribution in [0.3, 0.4) is 0 Å². The Morgan fingerprint density at radius 1 is 1.24 bits per heavy atom. The summed E-state index contributed by atoms with van der Waals surface area (Å²) in [7, 11) is 0. The number of anilines is 1. The molecule has 0 aliphatic carbocycles. The average Bonchev–Trinajstić information content (AvgIpc) is 2.40. The predicted octanol–water partition coefficient (Wildman–Crippen LogP) is 2.15. The molecule has 0 radical (unpaired) electrons. The number of aromatic amines is 1. The third-order valence-electron chi connectivity index (χ3n) is 2.96. The lowest BCUT2D eigenvalue weighted by Crippen LogP contribution is -2.23. The number of hydrogen-bond acceptors (Lipinski definition) is 4. The standard InChI is InChI=1S/C14H13N3O4/c1-8-3-5-10(7-12(8)17(20)21)16-14(19)11-6-4-9(2)15-13(11)18/h3-7H,1-2H3,(H,15,18)(H,16,19). The van der Waals surface area contributed by atoms with Gasteiger partial charge in [-0.1, -0.05) is 6.07 Å². The van der Waals surface area contributed by atoms with Crippen LogP contribution in [0.25, 0.3) is 0 Å². The number of H-pyrrole nitrogens is 1. The number of nitrogens with one attached hydrogen (secondary N) is 2. The summed E-state index contributed by atoms with van der Waals surface area (Å²) in [5.41, 5.74) is 0.745. The molecule has 0 aliphatic rings. The summed E-state index contributed by atoms with van der Waals surface area (Å²) in [6.07, 6.45) is 0. The SMILES string of the molecule is Cc1ccc(C(=O)Nc2ccc(C)c([N+](=O)[O-])c2)c(=O)[nH]1. The first-order valence-corrected chi connectivity index (χ1v) is 6.15. The maximum absolute atomic E-state index is 12.0. The first-order chi connectivity index (χ1) is 9.88. The van der Waals surface area contributed by atoms with Crippen molar-refractivity contribution in [2.75, 3.05) is 5.32 Å². The van der Waals surface area contributed by atoms with Crippen LogP contribution in [0, 0.1) is 24.0 Å². The molecule has 1 aromatic heterocycles. The van der Waals surface area contributed by atoms with E-state index in [0.717, 1.165) is 0 Å². The van der Waals surface area contributed by atoms with Gasteiger partial charge in [0, 0.05) is 23.0 Å². The van der Waals surface area contributed by atoms with Gasteiger partial charge in [0.2, 0.25) is 0 Å². The van der Waals surface area contributed by atoms with Crippen molar-refractivity contribution in [1.82, 2.24) is 4.98 Å². The zero-order valence-corrected chi connectivity index (χ0v) is 11.5. The van der Waals surface area contributed by atoms with Crippen LogP contribution in [0.15, 0.2) is 35.1 Å². The molecule has 2 rings (SSSR count). The highest BCUT2D eigenvalue weighted by Gasteiger charge is 2.14. The van der Waals surface area contributed by atoms with E-state index >= 15 is 0 Å². The van der Waals surface area contributed by atoms with E-state index in [2.05, 4.69) is 10.3 Å². The van der Waals surface area contributed by atoms with Crippen molar-refractivity contribution >= 4 is 17.3 Å². The molecule has 1 heterocycles. The van der Waals surface area contributed by atoms with Gasteiger partial charge >= 0.3 is 0 Å². The highest BCUT2D eigenvalue weighted by Crippen LogP contribution is 2.22. The van der Waals surface area contributed by atoms with E-state index in [-0.39, 0.29) is 16.9 Å². The Hall–Kier alpha value is -2.96. The predicted molar refractivity (Wildman–Crippen MR) is 77.6 cm³/mol. The van der Waals surface area contributed by atoms with Crippen LogP contribution in [0.4, 0.5) is 11.4 Å². The van der Waals surface area contributed by atoms with E-state index in [4.69, 9.17) is 0 Å². The summed E-state index contributed by atoms with van der Waals surface area (Å²) >= 11 is 0. The number of nitro benzene ring substituents is 1. The quantitative estimate of drug-likeness (QED) is 0.666. The Bertz CT molecular complexity index is 780. The second-order valence-electron chi connectivity index (χ2n) is 4.60. The van der Waals surface area contributed by atoms with Gasteiger partial charge < -0.3 is 10.3 Å². The zero-order chi connectivity index (χ0) is 15.6. The molecular weight excluding hydrogens is 274 g/mol. The van der Waals surface area contributed by atoms with Crippen LogP contribution in [0.2, 0.25) is 0 Å². The second-order valence-corrected chi connectivity index (χ2v) is 4.60. The lowest BCUT2D eigenvalue weighted by molar-refractivity contribution is -0.385. The van der Waals surface area contributed by atoms with Crippen molar-refractivity contribution in [3.8, 4) is 0 Å². The van der Waals surface area contributed by atoms with Gasteiger partial charge in [0.05, 0.1) is 4.92 Å².